The highest BCUT2D eigenvalue weighted by Gasteiger charge is 2.34. The molecule has 0 bridgehead atoms. The summed E-state index contributed by atoms with van der Waals surface area (Å²) in [6, 6.07) is 8.54. The lowest BCUT2D eigenvalue weighted by Gasteiger charge is -2.19. The normalized spacial score (nSPS) is 20.9. The van der Waals surface area contributed by atoms with E-state index in [2.05, 4.69) is 0 Å². The Morgan fingerprint density at radius 3 is 2.70 bits per heavy atom. The summed E-state index contributed by atoms with van der Waals surface area (Å²) in [6.07, 6.45) is 3.12. The minimum Gasteiger partial charge on any atom is -0.472 e. The highest BCUT2D eigenvalue weighted by molar-refractivity contribution is 7.91. The van der Waals surface area contributed by atoms with Crippen LogP contribution in [0.25, 0.3) is 0 Å². The number of hydrogen-bond donors (Lipinski definition) is 0. The van der Waals surface area contributed by atoms with Crippen molar-refractivity contribution in [2.24, 2.45) is 0 Å². The van der Waals surface area contributed by atoms with Crippen LogP contribution in [0.3, 0.4) is 0 Å². The van der Waals surface area contributed by atoms with E-state index in [4.69, 9.17) is 16.0 Å². The fourth-order valence-corrected chi connectivity index (χ4v) is 4.95. The number of rotatable bonds is 2. The van der Waals surface area contributed by atoms with Gasteiger partial charge in [0.05, 0.1) is 22.8 Å². The minimum atomic E-state index is -3.37. The Morgan fingerprint density at radius 2 is 2.00 bits per heavy atom. The number of carbonyl (C=O) groups is 1. The lowest BCUT2D eigenvalue weighted by molar-refractivity contribution is 0.0766. The number of amides is 1. The Kier molecular flexibility index (Phi) is 4.46. The van der Waals surface area contributed by atoms with Crippen LogP contribution in [-0.4, -0.2) is 38.1 Å². The van der Waals surface area contributed by atoms with E-state index in [0.717, 1.165) is 0 Å². The summed E-state index contributed by atoms with van der Waals surface area (Å²) in [7, 11) is -3.37. The van der Waals surface area contributed by atoms with Gasteiger partial charge in [0.15, 0.2) is 9.84 Å². The largest absolute Gasteiger partial charge is 0.472 e. The second-order valence-corrected chi connectivity index (χ2v) is 8.18. The summed E-state index contributed by atoms with van der Waals surface area (Å²) in [5, 5.41) is -0.242. The van der Waals surface area contributed by atoms with Crippen molar-refractivity contribution in [1.82, 2.24) is 4.90 Å². The molecule has 1 aliphatic heterocycles. The van der Waals surface area contributed by atoms with Crippen molar-refractivity contribution < 1.29 is 17.6 Å². The number of furan rings is 1. The maximum Gasteiger partial charge on any atom is 0.257 e. The Bertz CT molecular complexity index is 801. The van der Waals surface area contributed by atoms with Crippen molar-refractivity contribution in [3.63, 3.8) is 0 Å². The molecule has 2 heterocycles. The molecule has 122 valence electrons. The zero-order valence-electron chi connectivity index (χ0n) is 12.3. The molecule has 0 aliphatic carbocycles. The van der Waals surface area contributed by atoms with Gasteiger partial charge in [0.1, 0.15) is 6.26 Å². The molecule has 0 N–H and O–H groups in total. The molecule has 0 saturated carbocycles. The van der Waals surface area contributed by atoms with Crippen LogP contribution < -0.4 is 0 Å². The predicted octanol–water partition coefficient (Wildman–Crippen LogP) is 2.94. The third-order valence-corrected chi connectivity index (χ3v) is 6.50. The van der Waals surface area contributed by atoms with Gasteiger partial charge >= 0.3 is 0 Å². The number of carbonyl (C=O) groups excluding carboxylic acids is 1. The molecule has 1 atom stereocenters. The van der Waals surface area contributed by atoms with Gasteiger partial charge < -0.3 is 9.32 Å². The molecule has 1 aliphatic rings. The molecule has 1 unspecified atom stereocenters. The van der Waals surface area contributed by atoms with Crippen molar-refractivity contribution >= 4 is 27.3 Å². The fourth-order valence-electron chi connectivity index (χ4n) is 2.80. The maximum absolute atomic E-state index is 12.6. The first kappa shape index (κ1) is 16.1. The average molecular weight is 354 g/mol. The zero-order chi connectivity index (χ0) is 16.4. The van der Waals surface area contributed by atoms with Crippen molar-refractivity contribution in [1.29, 1.82) is 0 Å². The predicted molar refractivity (Wildman–Crippen MR) is 87.2 cm³/mol. The zero-order valence-corrected chi connectivity index (χ0v) is 13.9. The van der Waals surface area contributed by atoms with Gasteiger partial charge in [0, 0.05) is 18.1 Å². The molecule has 0 spiro atoms. The van der Waals surface area contributed by atoms with Crippen molar-refractivity contribution in [3.8, 4) is 0 Å². The van der Waals surface area contributed by atoms with E-state index < -0.39 is 15.1 Å². The molecule has 23 heavy (non-hydrogen) atoms. The maximum atomic E-state index is 12.6. The number of benzene rings is 1. The molecule has 7 heteroatoms. The second kappa shape index (κ2) is 6.37. The monoisotopic (exact) mass is 353 g/mol. The summed E-state index contributed by atoms with van der Waals surface area (Å²) in [6.45, 7) is 0.534. The second-order valence-electron chi connectivity index (χ2n) is 5.47. The molecule has 1 amide bonds. The number of sulfone groups is 1. The number of halogens is 1. The number of nitrogens with zero attached hydrogens (tertiary/aromatic N) is 1. The smallest absolute Gasteiger partial charge is 0.257 e. The van der Waals surface area contributed by atoms with E-state index in [9.17, 15) is 13.2 Å². The Hall–Kier alpha value is -1.79. The van der Waals surface area contributed by atoms with Gasteiger partial charge in [-0.3, -0.25) is 4.79 Å². The van der Waals surface area contributed by atoms with Crippen LogP contribution in [0, 0.1) is 0 Å². The molecule has 0 radical (unpaired) electrons. The molecule has 5 nitrogen and oxygen atoms in total. The lowest BCUT2D eigenvalue weighted by Crippen LogP contribution is -2.33. The highest BCUT2D eigenvalue weighted by Crippen LogP contribution is 2.34. The Morgan fingerprint density at radius 1 is 1.22 bits per heavy atom. The van der Waals surface area contributed by atoms with E-state index in [0.29, 0.717) is 29.1 Å². The van der Waals surface area contributed by atoms with Crippen molar-refractivity contribution in [2.45, 2.75) is 11.7 Å². The molecule has 3 rings (SSSR count). The number of hydrogen-bond acceptors (Lipinski definition) is 4. The van der Waals surface area contributed by atoms with Crippen molar-refractivity contribution in [2.75, 3.05) is 18.8 Å². The quantitative estimate of drug-likeness (QED) is 0.832. The first-order valence-corrected chi connectivity index (χ1v) is 9.36. The minimum absolute atomic E-state index is 0.0769. The van der Waals surface area contributed by atoms with E-state index in [-0.39, 0.29) is 18.2 Å². The Labute approximate surface area is 139 Å². The van der Waals surface area contributed by atoms with Crippen LogP contribution >= 0.6 is 11.6 Å². The van der Waals surface area contributed by atoms with Crippen molar-refractivity contribution in [3.05, 3.63) is 59.0 Å². The third-order valence-electron chi connectivity index (χ3n) is 4.05. The van der Waals surface area contributed by atoms with Gasteiger partial charge in [-0.15, -0.1) is 0 Å². The highest BCUT2D eigenvalue weighted by atomic mass is 35.5. The summed E-state index contributed by atoms with van der Waals surface area (Å²) < 4.78 is 30.1. The summed E-state index contributed by atoms with van der Waals surface area (Å²) in [5.74, 6) is -0.291. The topological polar surface area (TPSA) is 67.6 Å². The van der Waals surface area contributed by atoms with E-state index in [1.807, 2.05) is 0 Å². The van der Waals surface area contributed by atoms with Gasteiger partial charge in [-0.2, -0.15) is 0 Å². The lowest BCUT2D eigenvalue weighted by atomic mass is 10.1. The van der Waals surface area contributed by atoms with Crippen LogP contribution in [-0.2, 0) is 9.84 Å². The summed E-state index contributed by atoms with van der Waals surface area (Å²) >= 11 is 6.16. The van der Waals surface area contributed by atoms with E-state index >= 15 is 0 Å². The fraction of sp³-hybridized carbons (Fsp3) is 0.312. The van der Waals surface area contributed by atoms with Crippen LogP contribution in [0.1, 0.15) is 27.6 Å². The molecule has 1 aromatic carbocycles. The van der Waals surface area contributed by atoms with Crippen LogP contribution in [0.5, 0.6) is 0 Å². The molecular weight excluding hydrogens is 338 g/mol. The summed E-state index contributed by atoms with van der Waals surface area (Å²) in [4.78, 5) is 13.9. The average Bonchev–Trinajstić information content (AvgIpc) is 3.00. The van der Waals surface area contributed by atoms with Crippen LogP contribution in [0.15, 0.2) is 47.3 Å². The third kappa shape index (κ3) is 3.28. The van der Waals surface area contributed by atoms with Gasteiger partial charge in [0.2, 0.25) is 0 Å². The summed E-state index contributed by atoms with van der Waals surface area (Å²) in [5.41, 5.74) is 1.03. The van der Waals surface area contributed by atoms with Crippen LogP contribution in [0.4, 0.5) is 0 Å². The first-order chi connectivity index (χ1) is 11.0. The van der Waals surface area contributed by atoms with Gasteiger partial charge in [-0.25, -0.2) is 8.42 Å². The van der Waals surface area contributed by atoms with Gasteiger partial charge in [-0.05, 0) is 24.1 Å². The Balaban J connectivity index is 1.86. The van der Waals surface area contributed by atoms with Gasteiger partial charge in [0.25, 0.3) is 5.91 Å². The van der Waals surface area contributed by atoms with Crippen LogP contribution in [0.2, 0.25) is 5.02 Å². The molecular formula is C16H16ClNO4S. The van der Waals surface area contributed by atoms with Gasteiger partial charge in [-0.1, -0.05) is 29.8 Å². The molecule has 1 fully saturated rings. The molecule has 1 aromatic heterocycles. The standard InChI is InChI=1S/C16H16ClNO4S/c17-14-4-2-1-3-13(14)15-5-7-18(8-10-23(15,20)21)16(19)12-6-9-22-11-12/h1-4,6,9,11,15H,5,7-8,10H2. The molecule has 1 saturated heterocycles. The first-order valence-electron chi connectivity index (χ1n) is 7.26. The molecule has 2 aromatic rings. The van der Waals surface area contributed by atoms with E-state index in [1.165, 1.54) is 12.5 Å². The SMILES string of the molecule is O=C(c1ccoc1)N1CCC(c2ccccc2Cl)S(=O)(=O)CC1. The van der Waals surface area contributed by atoms with E-state index in [1.54, 1.807) is 35.2 Å².